The van der Waals surface area contributed by atoms with Gasteiger partial charge in [-0.05, 0) is 43.2 Å². The maximum absolute atomic E-state index is 12.7. The lowest BCUT2D eigenvalue weighted by molar-refractivity contribution is 0.0946. The Balaban J connectivity index is 1.89. The molecule has 4 N–H and O–H groups in total. The highest BCUT2D eigenvalue weighted by Gasteiger charge is 2.30. The minimum absolute atomic E-state index is 0.00632. The Bertz CT molecular complexity index is 1090. The zero-order valence-corrected chi connectivity index (χ0v) is 17.0. The number of fused-ring (bicyclic) bond motifs is 1. The lowest BCUT2D eigenvalue weighted by atomic mass is 10.1. The molecule has 1 heterocycles. The number of nitrogens with one attached hydrogen (secondary N) is 2. The van der Waals surface area contributed by atoms with Crippen LogP contribution in [-0.2, 0) is 21.0 Å². The first-order chi connectivity index (χ1) is 13.0. The second kappa shape index (κ2) is 7.47. The van der Waals surface area contributed by atoms with Gasteiger partial charge in [0.05, 0.1) is 16.8 Å². The van der Waals surface area contributed by atoms with E-state index in [1.54, 1.807) is 5.01 Å². The van der Waals surface area contributed by atoms with Crippen LogP contribution in [0, 0.1) is 0 Å². The van der Waals surface area contributed by atoms with E-state index in [0.717, 1.165) is 23.7 Å². The molecule has 0 saturated heterocycles. The molecule has 3 rings (SSSR count). The number of rotatable bonds is 5. The second-order valence-electron chi connectivity index (χ2n) is 6.28. The molecule has 2 aromatic rings. The molecule has 0 radical (unpaired) electrons. The molecule has 1 aliphatic rings. The highest BCUT2D eigenvalue weighted by Crippen LogP contribution is 2.34. The number of sulfonamides is 1. The van der Waals surface area contributed by atoms with Crippen LogP contribution in [0.3, 0.4) is 0 Å². The van der Waals surface area contributed by atoms with Gasteiger partial charge in [-0.1, -0.05) is 29.8 Å². The molecule has 0 aromatic heterocycles. The van der Waals surface area contributed by atoms with Crippen LogP contribution in [0.1, 0.15) is 22.8 Å². The molecule has 28 heavy (non-hydrogen) atoms. The van der Waals surface area contributed by atoms with Crippen LogP contribution >= 0.6 is 19.3 Å². The van der Waals surface area contributed by atoms with Crippen molar-refractivity contribution in [2.45, 2.75) is 24.3 Å². The molecule has 0 saturated carbocycles. The number of hydrogen-bond acceptors (Lipinski definition) is 5. The van der Waals surface area contributed by atoms with Crippen LogP contribution in [0.15, 0.2) is 47.4 Å². The summed E-state index contributed by atoms with van der Waals surface area (Å²) >= 11 is 5.86. The van der Waals surface area contributed by atoms with E-state index in [9.17, 15) is 17.8 Å². The van der Waals surface area contributed by atoms with Crippen molar-refractivity contribution < 1.29 is 27.6 Å². The van der Waals surface area contributed by atoms with Crippen molar-refractivity contribution >= 4 is 41.0 Å². The molecule has 12 heteroatoms. The van der Waals surface area contributed by atoms with Gasteiger partial charge in [-0.15, -0.1) is 4.49 Å². The Labute approximate surface area is 166 Å². The number of nitrogens with zero attached hydrogens (tertiary/aromatic N) is 1. The summed E-state index contributed by atoms with van der Waals surface area (Å²) in [5.74, 6) is -0.590. The third kappa shape index (κ3) is 4.38. The lowest BCUT2D eigenvalue weighted by Crippen LogP contribution is -2.45. The number of para-hydroxylation sites is 1. The topological polar surface area (TPSA) is 136 Å². The molecule has 1 unspecified atom stereocenters. The summed E-state index contributed by atoms with van der Waals surface area (Å²) in [6.45, 7) is 1.93. The summed E-state index contributed by atoms with van der Waals surface area (Å²) < 4.78 is 36.6. The van der Waals surface area contributed by atoms with E-state index >= 15 is 0 Å². The van der Waals surface area contributed by atoms with E-state index < -0.39 is 28.6 Å². The molecule has 0 fully saturated rings. The number of benzene rings is 2. The monoisotopic (exact) mass is 445 g/mol. The highest BCUT2D eigenvalue weighted by molar-refractivity contribution is 7.94. The molecule has 150 valence electrons. The number of amides is 1. The molecule has 1 amide bonds. The van der Waals surface area contributed by atoms with Gasteiger partial charge < -0.3 is 9.79 Å². The van der Waals surface area contributed by atoms with Crippen LogP contribution in [0.25, 0.3) is 0 Å². The van der Waals surface area contributed by atoms with Crippen molar-refractivity contribution in [1.82, 2.24) is 9.92 Å². The standard InChI is InChI=1S/C16H17ClN3O6PS/c1-10-8-11-4-2-3-5-14(11)20(10)18-16(21)12-6-7-13(17)15(9-12)28(25,26)19-27(22,23)24/h2-7,9-10H,8H2,1H3,(H,18,21)(H3,19,22,23,24). The quantitative estimate of drug-likeness (QED) is 0.515. The maximum atomic E-state index is 12.7. The number of hydrogen-bond donors (Lipinski definition) is 4. The van der Waals surface area contributed by atoms with E-state index in [0.29, 0.717) is 0 Å². The van der Waals surface area contributed by atoms with Gasteiger partial charge >= 0.3 is 7.75 Å². The van der Waals surface area contributed by atoms with Crippen molar-refractivity contribution in [1.29, 1.82) is 0 Å². The van der Waals surface area contributed by atoms with Crippen LogP contribution in [-0.4, -0.2) is 30.2 Å². The predicted octanol–water partition coefficient (Wildman–Crippen LogP) is 1.81. The highest BCUT2D eigenvalue weighted by atomic mass is 35.5. The summed E-state index contributed by atoms with van der Waals surface area (Å²) in [6, 6.07) is 11.0. The Kier molecular flexibility index (Phi) is 5.55. The molecule has 0 spiro atoms. The van der Waals surface area contributed by atoms with E-state index in [4.69, 9.17) is 21.4 Å². The van der Waals surface area contributed by atoms with Gasteiger partial charge in [-0.25, -0.2) is 13.0 Å². The summed E-state index contributed by atoms with van der Waals surface area (Å²) in [5, 5.41) is 1.41. The molecular weight excluding hydrogens is 429 g/mol. The molecule has 0 aliphatic carbocycles. The second-order valence-corrected chi connectivity index (χ2v) is 9.95. The van der Waals surface area contributed by atoms with E-state index in [1.807, 2.05) is 31.2 Å². The van der Waals surface area contributed by atoms with Crippen molar-refractivity contribution in [2.24, 2.45) is 0 Å². The first-order valence-electron chi connectivity index (χ1n) is 8.05. The minimum Gasteiger partial charge on any atom is -0.312 e. The van der Waals surface area contributed by atoms with E-state index in [2.05, 4.69) is 5.43 Å². The number of hydrazine groups is 1. The Morgan fingerprint density at radius 3 is 2.61 bits per heavy atom. The van der Waals surface area contributed by atoms with Gasteiger partial charge in [0.1, 0.15) is 4.90 Å². The third-order valence-electron chi connectivity index (χ3n) is 4.15. The first-order valence-corrected chi connectivity index (χ1v) is 11.5. The van der Waals surface area contributed by atoms with Crippen LogP contribution in [0.5, 0.6) is 0 Å². The summed E-state index contributed by atoms with van der Waals surface area (Å²) in [6.07, 6.45) is 0.739. The van der Waals surface area contributed by atoms with Crippen molar-refractivity contribution in [2.75, 3.05) is 5.01 Å². The summed E-state index contributed by atoms with van der Waals surface area (Å²) in [7, 11) is -9.72. The molecule has 2 aromatic carbocycles. The van der Waals surface area contributed by atoms with Gasteiger partial charge in [0.25, 0.3) is 15.9 Å². The van der Waals surface area contributed by atoms with Crippen LogP contribution < -0.4 is 14.9 Å². The van der Waals surface area contributed by atoms with Crippen molar-refractivity contribution in [3.05, 3.63) is 58.6 Å². The molecule has 0 bridgehead atoms. The van der Waals surface area contributed by atoms with Crippen molar-refractivity contribution in [3.63, 3.8) is 0 Å². The van der Waals surface area contributed by atoms with Crippen molar-refractivity contribution in [3.8, 4) is 0 Å². The van der Waals surface area contributed by atoms with Gasteiger partial charge in [-0.3, -0.25) is 15.2 Å². The maximum Gasteiger partial charge on any atom is 0.414 e. The minimum atomic E-state index is -5.09. The van der Waals surface area contributed by atoms with E-state index in [1.165, 1.54) is 16.6 Å². The Hall–Kier alpha value is -1.94. The van der Waals surface area contributed by atoms with E-state index in [-0.39, 0.29) is 16.6 Å². The first kappa shape index (κ1) is 20.8. The zero-order chi connectivity index (χ0) is 20.7. The van der Waals surface area contributed by atoms with Gasteiger partial charge in [0.2, 0.25) is 0 Å². The summed E-state index contributed by atoms with van der Waals surface area (Å²) in [5.41, 5.74) is 4.61. The Morgan fingerprint density at radius 1 is 1.25 bits per heavy atom. The average Bonchev–Trinajstić information content (AvgIpc) is 2.88. The molecule has 1 aliphatic heterocycles. The van der Waals surface area contributed by atoms with Crippen LogP contribution in [0.4, 0.5) is 5.69 Å². The fraction of sp³-hybridized carbons (Fsp3) is 0.188. The SMILES string of the molecule is CC1Cc2ccccc2N1NC(=O)c1ccc(Cl)c(S(=O)(=O)NP(=O)(O)O)c1. The number of carbonyl (C=O) groups is 1. The Morgan fingerprint density at radius 2 is 1.93 bits per heavy atom. The smallest absolute Gasteiger partial charge is 0.312 e. The number of halogens is 1. The number of carbonyl (C=O) groups excluding carboxylic acids is 1. The van der Waals surface area contributed by atoms with Gasteiger partial charge in [-0.2, -0.15) is 0 Å². The molecule has 1 atom stereocenters. The molecule has 9 nitrogen and oxygen atoms in total. The van der Waals surface area contributed by atoms with Gasteiger partial charge in [0.15, 0.2) is 0 Å². The fourth-order valence-electron chi connectivity index (χ4n) is 2.97. The third-order valence-corrected chi connectivity index (χ3v) is 7.42. The molecular formula is C16H17ClN3O6PS. The van der Waals surface area contributed by atoms with Gasteiger partial charge in [0, 0.05) is 5.56 Å². The van der Waals surface area contributed by atoms with Crippen LogP contribution in [0.2, 0.25) is 5.02 Å². The summed E-state index contributed by atoms with van der Waals surface area (Å²) in [4.78, 5) is 29.8. The fourth-order valence-corrected chi connectivity index (χ4v) is 5.64. The number of anilines is 1. The normalized spacial score (nSPS) is 16.7. The average molecular weight is 446 g/mol. The largest absolute Gasteiger partial charge is 0.414 e. The predicted molar refractivity (Wildman–Crippen MR) is 103 cm³/mol. The lowest BCUT2D eigenvalue weighted by Gasteiger charge is -2.25. The zero-order valence-electron chi connectivity index (χ0n) is 14.5.